The second-order valence-electron chi connectivity index (χ2n) is 7.13. The number of benzene rings is 1. The second kappa shape index (κ2) is 7.79. The lowest BCUT2D eigenvalue weighted by Crippen LogP contribution is -2.35. The zero-order valence-electron chi connectivity index (χ0n) is 15.9. The van der Waals surface area contributed by atoms with Gasteiger partial charge in [0, 0.05) is 11.5 Å². The number of nitrogens with one attached hydrogen (secondary N) is 3. The number of aromatic nitrogens is 2. The predicted octanol–water partition coefficient (Wildman–Crippen LogP) is 3.27. The molecule has 4 N–H and O–H groups in total. The Bertz CT molecular complexity index is 1040. The van der Waals surface area contributed by atoms with Gasteiger partial charge < -0.3 is 19.9 Å². The highest BCUT2D eigenvalue weighted by Crippen LogP contribution is 2.24. The minimum Gasteiger partial charge on any atom is -0.439 e. The lowest BCUT2D eigenvalue weighted by molar-refractivity contribution is -0.148. The smallest absolute Gasteiger partial charge is 0.236 e. The first-order valence-electron chi connectivity index (χ1n) is 8.72. The molecule has 0 saturated carbocycles. The van der Waals surface area contributed by atoms with Crippen LogP contribution in [-0.4, -0.2) is 33.0 Å². The number of para-hydroxylation sites is 1. The Labute approximate surface area is 162 Å². The highest BCUT2D eigenvalue weighted by Gasteiger charge is 2.18. The third-order valence-electron chi connectivity index (χ3n) is 3.78. The van der Waals surface area contributed by atoms with Gasteiger partial charge in [-0.3, -0.25) is 15.4 Å². The topological polar surface area (TPSA) is 116 Å². The first-order valence-corrected chi connectivity index (χ1v) is 8.72. The number of hydrogen-bond donors (Lipinski definition) is 4. The van der Waals surface area contributed by atoms with E-state index in [0.29, 0.717) is 28.2 Å². The molecule has 0 amide bonds. The van der Waals surface area contributed by atoms with Crippen molar-refractivity contribution in [2.24, 2.45) is 0 Å². The SMILES string of the molecule is CC(C)(C)OC(O)Nc1cc2cc(Oc3ccccc3)ncc2n(C=N)c1=N. The van der Waals surface area contributed by atoms with Crippen molar-refractivity contribution < 1.29 is 14.6 Å². The molecule has 3 rings (SSSR count). The summed E-state index contributed by atoms with van der Waals surface area (Å²) in [6.45, 7) is 5.45. The zero-order valence-corrected chi connectivity index (χ0v) is 15.9. The van der Waals surface area contributed by atoms with Crippen LogP contribution in [0.25, 0.3) is 10.9 Å². The fourth-order valence-corrected chi connectivity index (χ4v) is 2.64. The molecular formula is C20H23N5O3. The summed E-state index contributed by atoms with van der Waals surface area (Å²) in [5.74, 6) is 1.03. The molecule has 1 unspecified atom stereocenters. The standard InChI is InChI=1S/C20H23N5O3/c1-20(2,3)28-19(26)24-15-9-13-10-17(27-14-7-5-4-6-8-14)23-11-16(13)25(12-21)18(15)22/h4-12,19,21-22,24,26H,1-3H3. The van der Waals surface area contributed by atoms with Crippen LogP contribution < -0.4 is 15.5 Å². The molecule has 8 nitrogen and oxygen atoms in total. The monoisotopic (exact) mass is 381 g/mol. The van der Waals surface area contributed by atoms with Crippen LogP contribution in [0, 0.1) is 10.8 Å². The van der Waals surface area contributed by atoms with Crippen molar-refractivity contribution in [3.8, 4) is 11.6 Å². The summed E-state index contributed by atoms with van der Waals surface area (Å²) >= 11 is 0. The van der Waals surface area contributed by atoms with Gasteiger partial charge in [-0.2, -0.15) is 0 Å². The molecule has 0 fully saturated rings. The van der Waals surface area contributed by atoms with E-state index >= 15 is 0 Å². The quantitative estimate of drug-likeness (QED) is 0.297. The Hall–Kier alpha value is -3.23. The average molecular weight is 381 g/mol. The van der Waals surface area contributed by atoms with E-state index in [2.05, 4.69) is 10.3 Å². The van der Waals surface area contributed by atoms with Gasteiger partial charge in [0.1, 0.15) is 5.75 Å². The number of ether oxygens (including phenoxy) is 2. The van der Waals surface area contributed by atoms with Gasteiger partial charge in [0.25, 0.3) is 0 Å². The third kappa shape index (κ3) is 4.54. The summed E-state index contributed by atoms with van der Waals surface area (Å²) in [5.41, 5.74) is 0.309. The maximum atomic E-state index is 10.1. The molecule has 3 aromatic rings. The molecule has 0 bridgehead atoms. The summed E-state index contributed by atoms with van der Waals surface area (Å²) in [4.78, 5) is 4.27. The highest BCUT2D eigenvalue weighted by molar-refractivity contribution is 5.87. The molecular weight excluding hydrogens is 358 g/mol. The van der Waals surface area contributed by atoms with Gasteiger partial charge in [-0.05, 0) is 39.0 Å². The van der Waals surface area contributed by atoms with Crippen LogP contribution in [0.15, 0.2) is 48.7 Å². The van der Waals surface area contributed by atoms with E-state index in [1.807, 2.05) is 51.1 Å². The van der Waals surface area contributed by atoms with Crippen molar-refractivity contribution in [3.05, 3.63) is 54.1 Å². The summed E-state index contributed by atoms with van der Waals surface area (Å²) in [6.07, 6.45) is 1.26. The molecule has 2 heterocycles. The number of pyridine rings is 2. The first kappa shape index (κ1) is 19.5. The number of fused-ring (bicyclic) bond motifs is 1. The molecule has 0 radical (unpaired) electrons. The molecule has 0 aliphatic carbocycles. The number of nitrogens with zero attached hydrogens (tertiary/aromatic N) is 2. The van der Waals surface area contributed by atoms with Crippen LogP contribution in [0.1, 0.15) is 20.8 Å². The van der Waals surface area contributed by atoms with Crippen LogP contribution in [0.4, 0.5) is 5.69 Å². The van der Waals surface area contributed by atoms with Gasteiger partial charge in [-0.15, -0.1) is 0 Å². The maximum absolute atomic E-state index is 10.1. The Morgan fingerprint density at radius 3 is 2.57 bits per heavy atom. The van der Waals surface area contributed by atoms with Crippen LogP contribution in [0.2, 0.25) is 0 Å². The fraction of sp³-hybridized carbons (Fsp3) is 0.250. The van der Waals surface area contributed by atoms with Crippen molar-refractivity contribution in [1.82, 2.24) is 9.55 Å². The lowest BCUT2D eigenvalue weighted by Gasteiger charge is -2.25. The van der Waals surface area contributed by atoms with Crippen molar-refractivity contribution in [2.75, 3.05) is 5.32 Å². The molecule has 0 spiro atoms. The van der Waals surface area contributed by atoms with Gasteiger partial charge in [-0.25, -0.2) is 4.98 Å². The average Bonchev–Trinajstić information content (AvgIpc) is 2.62. The van der Waals surface area contributed by atoms with E-state index in [-0.39, 0.29) is 5.49 Å². The van der Waals surface area contributed by atoms with Crippen molar-refractivity contribution >= 4 is 22.9 Å². The third-order valence-corrected chi connectivity index (χ3v) is 3.78. The molecule has 0 saturated heterocycles. The van der Waals surface area contributed by atoms with Crippen LogP contribution in [0.3, 0.4) is 0 Å². The predicted molar refractivity (Wildman–Crippen MR) is 107 cm³/mol. The van der Waals surface area contributed by atoms with Crippen LogP contribution in [0.5, 0.6) is 11.6 Å². The number of hydrogen-bond acceptors (Lipinski definition) is 7. The molecule has 0 aliphatic rings. The molecule has 28 heavy (non-hydrogen) atoms. The van der Waals surface area contributed by atoms with E-state index in [1.165, 1.54) is 4.57 Å². The van der Waals surface area contributed by atoms with E-state index < -0.39 is 12.0 Å². The van der Waals surface area contributed by atoms with E-state index in [9.17, 15) is 5.11 Å². The number of aliphatic hydroxyl groups excluding tert-OH is 1. The van der Waals surface area contributed by atoms with Crippen LogP contribution in [-0.2, 0) is 4.74 Å². The molecule has 1 aromatic carbocycles. The summed E-state index contributed by atoms with van der Waals surface area (Å²) < 4.78 is 12.5. The first-order chi connectivity index (χ1) is 13.3. The highest BCUT2D eigenvalue weighted by atomic mass is 16.6. The zero-order chi connectivity index (χ0) is 20.3. The van der Waals surface area contributed by atoms with E-state index in [1.54, 1.807) is 18.3 Å². The number of aliphatic hydroxyl groups is 1. The summed E-state index contributed by atoms with van der Waals surface area (Å²) in [5, 5.41) is 29.5. The Balaban J connectivity index is 1.99. The van der Waals surface area contributed by atoms with Crippen LogP contribution >= 0.6 is 0 Å². The van der Waals surface area contributed by atoms with Gasteiger partial charge in [-0.1, -0.05) is 18.2 Å². The molecule has 146 valence electrons. The summed E-state index contributed by atoms with van der Waals surface area (Å²) in [7, 11) is 0. The van der Waals surface area contributed by atoms with Gasteiger partial charge >= 0.3 is 0 Å². The Kier molecular flexibility index (Phi) is 5.43. The molecule has 2 aromatic heterocycles. The molecule has 0 aliphatic heterocycles. The number of anilines is 1. The molecule has 8 heteroatoms. The van der Waals surface area contributed by atoms with Crippen molar-refractivity contribution in [3.63, 3.8) is 0 Å². The minimum absolute atomic E-state index is 0.00223. The Morgan fingerprint density at radius 1 is 1.21 bits per heavy atom. The second-order valence-corrected chi connectivity index (χ2v) is 7.13. The minimum atomic E-state index is -1.30. The lowest BCUT2D eigenvalue weighted by atomic mass is 10.2. The van der Waals surface area contributed by atoms with E-state index in [0.717, 1.165) is 6.34 Å². The van der Waals surface area contributed by atoms with Gasteiger partial charge in [0.05, 0.1) is 29.3 Å². The van der Waals surface area contributed by atoms with Gasteiger partial charge in [0.2, 0.25) is 12.3 Å². The van der Waals surface area contributed by atoms with Crippen molar-refractivity contribution in [2.45, 2.75) is 32.8 Å². The maximum Gasteiger partial charge on any atom is 0.236 e. The Morgan fingerprint density at radius 2 is 1.93 bits per heavy atom. The number of rotatable bonds is 6. The largest absolute Gasteiger partial charge is 0.439 e. The fourth-order valence-electron chi connectivity index (χ4n) is 2.64. The van der Waals surface area contributed by atoms with Crippen molar-refractivity contribution in [1.29, 1.82) is 10.8 Å². The molecule has 1 atom stereocenters. The van der Waals surface area contributed by atoms with Gasteiger partial charge in [0.15, 0.2) is 5.49 Å². The normalized spacial score (nSPS) is 12.6. The summed E-state index contributed by atoms with van der Waals surface area (Å²) in [6, 6.07) is 12.7. The van der Waals surface area contributed by atoms with E-state index in [4.69, 9.17) is 20.3 Å².